The molecule has 2 aromatic carbocycles. The second-order valence-electron chi connectivity index (χ2n) is 8.80. The quantitative estimate of drug-likeness (QED) is 0.287. The number of nitrogens with one attached hydrogen (secondary N) is 1. The topological polar surface area (TPSA) is 89.0 Å². The van der Waals surface area contributed by atoms with Gasteiger partial charge in [-0.1, -0.05) is 38.4 Å². The van der Waals surface area contributed by atoms with Crippen molar-refractivity contribution in [3.05, 3.63) is 97.0 Å². The van der Waals surface area contributed by atoms with Gasteiger partial charge in [-0.15, -0.1) is 18.6 Å². The van der Waals surface area contributed by atoms with Crippen molar-refractivity contribution in [3.63, 3.8) is 0 Å². The number of rotatable bonds is 10. The van der Waals surface area contributed by atoms with Crippen molar-refractivity contribution < 1.29 is 69.6 Å². The number of benzene rings is 2. The number of anilines is 1. The molecule has 0 aliphatic rings. The fourth-order valence-corrected chi connectivity index (χ4v) is 4.03. The first-order valence-electron chi connectivity index (χ1n) is 12.9. The predicted molar refractivity (Wildman–Crippen MR) is 156 cm³/mol. The number of hydrogen-bond acceptors (Lipinski definition) is 5. The van der Waals surface area contributed by atoms with Gasteiger partial charge in [0.05, 0.1) is 11.7 Å². The molecule has 6 nitrogen and oxygen atoms in total. The van der Waals surface area contributed by atoms with E-state index in [-0.39, 0.29) is 74.8 Å². The molecule has 212 valence electrons. The molecule has 3 rings (SSSR count). The van der Waals surface area contributed by atoms with Crippen molar-refractivity contribution in [1.82, 2.24) is 9.97 Å². The number of aryl methyl sites for hydroxylation is 1. The van der Waals surface area contributed by atoms with E-state index < -0.39 is 10.8 Å². The van der Waals surface area contributed by atoms with E-state index >= 15 is 0 Å². The number of ketones is 1. The van der Waals surface area contributed by atoms with Crippen molar-refractivity contribution in [2.75, 3.05) is 11.6 Å². The maximum absolute atomic E-state index is 12.6. The first-order chi connectivity index (χ1) is 18.6. The Hall–Kier alpha value is -1.75. The second-order valence-corrected chi connectivity index (χ2v) is 10.2. The average Bonchev–Trinajstić information content (AvgIpc) is 2.92. The summed E-state index contributed by atoms with van der Waals surface area (Å²) in [5.74, 6) is -0.339. The number of halogens is 1. The van der Waals surface area contributed by atoms with Crippen molar-refractivity contribution in [2.45, 2.75) is 70.6 Å². The van der Waals surface area contributed by atoms with Crippen molar-refractivity contribution >= 4 is 28.2 Å². The molecule has 3 aromatic rings. The number of Topliss-reactive ketones (excluding diaryl/α,β-unsaturated/α-hetero) is 1. The first-order valence-corrected chi connectivity index (χ1v) is 14.5. The maximum atomic E-state index is 12.6. The summed E-state index contributed by atoms with van der Waals surface area (Å²) in [7, 11) is -1.03. The minimum absolute atomic E-state index is 0. The summed E-state index contributed by atoms with van der Waals surface area (Å²) in [6, 6.07) is 12.2. The monoisotopic (exact) mass is 591 g/mol. The Kier molecular flexibility index (Phi) is 21.0. The smallest absolute Gasteiger partial charge is 0.372 e. The van der Waals surface area contributed by atoms with E-state index in [0.29, 0.717) is 5.69 Å². The zero-order chi connectivity index (χ0) is 29.2. The van der Waals surface area contributed by atoms with E-state index in [4.69, 9.17) is 0 Å². The number of amides is 1. The molecule has 9 heteroatoms. The first kappa shape index (κ1) is 38.2. The van der Waals surface area contributed by atoms with Crippen LogP contribution < -0.4 is 56.7 Å². The predicted octanol–water partition coefficient (Wildman–Crippen LogP) is 3.69. The third-order valence-electron chi connectivity index (χ3n) is 5.51. The van der Waals surface area contributed by atoms with Crippen LogP contribution in [0.4, 0.5) is 10.1 Å². The Labute approximate surface area is 284 Å². The summed E-state index contributed by atoms with van der Waals surface area (Å²) < 4.78 is 24.1. The summed E-state index contributed by atoms with van der Waals surface area (Å²) in [4.78, 5) is 30.7. The standard InChI is InChI=1S/C16H18N3O2S.C10H11F.C5H10O.K/c1-4-12-7-14(22(3)21)5-6-15(12)11(2)16(20)19-13-8-17-10-18-9-13;1-2-3-5-9-6-4-7-10(11)8-9;1-3-4-5(2)6;/h5-9,11H,4H2,1-3H3,(H,19,20);4-8H,1-3H2;3-4H2,1-2H3;/q-1;-2;;+1. The maximum Gasteiger partial charge on any atom is 1.00 e. The van der Waals surface area contributed by atoms with Crippen LogP contribution in [-0.4, -0.2) is 32.1 Å². The number of unbranched alkanes of at least 4 members (excludes halogenated alkanes) is 1. The fraction of sp³-hybridized carbons (Fsp3) is 0.355. The number of aromatic nitrogens is 2. The second kappa shape index (κ2) is 21.9. The third kappa shape index (κ3) is 15.3. The summed E-state index contributed by atoms with van der Waals surface area (Å²) >= 11 is 0. The normalized spacial score (nSPS) is 11.3. The molecule has 0 spiro atoms. The molecule has 0 saturated heterocycles. The van der Waals surface area contributed by atoms with Crippen LogP contribution >= 0.6 is 0 Å². The minimum Gasteiger partial charge on any atom is -0.372 e. The van der Waals surface area contributed by atoms with Crippen LogP contribution in [0.1, 0.15) is 76.0 Å². The van der Waals surface area contributed by atoms with Gasteiger partial charge in [0.15, 0.2) is 0 Å². The average molecular weight is 592 g/mol. The van der Waals surface area contributed by atoms with Gasteiger partial charge >= 0.3 is 51.4 Å². The van der Waals surface area contributed by atoms with Gasteiger partial charge in [-0.2, -0.15) is 24.5 Å². The summed E-state index contributed by atoms with van der Waals surface area (Å²) in [5.41, 5.74) is 3.46. The molecule has 0 radical (unpaired) electrons. The van der Waals surface area contributed by atoms with Crippen LogP contribution in [0, 0.1) is 25.5 Å². The molecule has 1 heterocycles. The van der Waals surface area contributed by atoms with Gasteiger partial charge in [-0.05, 0) is 55.6 Å². The van der Waals surface area contributed by atoms with E-state index in [2.05, 4.69) is 28.5 Å². The summed E-state index contributed by atoms with van der Waals surface area (Å²) in [6.07, 6.45) is 13.3. The zero-order valence-electron chi connectivity index (χ0n) is 24.5. The molecular formula is C31H39FKN3O3S-2. The van der Waals surface area contributed by atoms with Crippen LogP contribution in [0.5, 0.6) is 0 Å². The third-order valence-corrected chi connectivity index (χ3v) is 6.43. The van der Waals surface area contributed by atoms with Crippen molar-refractivity contribution in [1.29, 1.82) is 0 Å². The van der Waals surface area contributed by atoms with Gasteiger partial charge in [0.1, 0.15) is 5.78 Å². The van der Waals surface area contributed by atoms with E-state index in [1.54, 1.807) is 19.2 Å². The largest absolute Gasteiger partial charge is 1.00 e. The number of carbonyl (C=O) groups is 2. The minimum atomic E-state index is -1.03. The summed E-state index contributed by atoms with van der Waals surface area (Å²) in [5, 5.41) is 2.78. The van der Waals surface area contributed by atoms with Crippen LogP contribution in [-0.2, 0) is 26.8 Å². The molecule has 40 heavy (non-hydrogen) atoms. The molecule has 0 aliphatic heterocycles. The molecule has 2 unspecified atom stereocenters. The zero-order valence-corrected chi connectivity index (χ0v) is 28.4. The van der Waals surface area contributed by atoms with Gasteiger partial charge in [0.25, 0.3) is 0 Å². The van der Waals surface area contributed by atoms with Crippen molar-refractivity contribution in [2.24, 2.45) is 0 Å². The van der Waals surface area contributed by atoms with Gasteiger partial charge < -0.3 is 27.0 Å². The van der Waals surface area contributed by atoms with E-state index in [9.17, 15) is 18.2 Å². The molecule has 0 saturated carbocycles. The van der Waals surface area contributed by atoms with Crippen LogP contribution in [0.2, 0.25) is 0 Å². The number of hydrogen-bond donors (Lipinski definition) is 1. The summed E-state index contributed by atoms with van der Waals surface area (Å²) in [6.45, 7) is 11.2. The van der Waals surface area contributed by atoms with Gasteiger partial charge in [-0.25, -0.2) is 4.39 Å². The Balaban J connectivity index is 0.000000704. The van der Waals surface area contributed by atoms with Crippen LogP contribution in [0.15, 0.2) is 59.8 Å². The van der Waals surface area contributed by atoms with Crippen LogP contribution in [0.3, 0.4) is 0 Å². The molecule has 1 N–H and O–H groups in total. The van der Waals surface area contributed by atoms with E-state index in [0.717, 1.165) is 53.7 Å². The number of carbonyl (C=O) groups excluding carboxylic acids is 2. The molecular weight excluding hydrogens is 553 g/mol. The molecule has 1 aromatic heterocycles. The Morgan fingerprint density at radius 2 is 1.82 bits per heavy atom. The Morgan fingerprint density at radius 3 is 2.33 bits per heavy atom. The van der Waals surface area contributed by atoms with Crippen LogP contribution in [0.25, 0.3) is 0 Å². The van der Waals surface area contributed by atoms with E-state index in [1.165, 1.54) is 24.5 Å². The molecule has 0 aliphatic carbocycles. The Morgan fingerprint density at radius 1 is 1.15 bits per heavy atom. The molecule has 0 bridgehead atoms. The molecule has 1 amide bonds. The van der Waals surface area contributed by atoms with Crippen molar-refractivity contribution in [3.8, 4) is 0 Å². The number of nitrogens with zero attached hydrogens (tertiary/aromatic N) is 2. The van der Waals surface area contributed by atoms with Gasteiger partial charge in [0, 0.05) is 34.7 Å². The van der Waals surface area contributed by atoms with Gasteiger partial charge in [0.2, 0.25) is 5.91 Å². The fourth-order valence-electron chi connectivity index (χ4n) is 3.46. The molecule has 0 fully saturated rings. The SMILES string of the molecule is CCCC(C)=O.CCc1cc(S(C)=O)ccc1C(C)C(=O)Nc1cn[c-]nc1.[CH2-]CC[CH-]c1cccc(F)c1.[K+]. The molecule has 2 atom stereocenters. The van der Waals surface area contributed by atoms with E-state index in [1.807, 2.05) is 51.5 Å². The van der Waals surface area contributed by atoms with Gasteiger partial charge in [-0.3, -0.25) is 9.00 Å². The Bertz CT molecular complexity index is 1200.